The van der Waals surface area contributed by atoms with Gasteiger partial charge in [-0.25, -0.2) is 9.29 Å². The highest BCUT2D eigenvalue weighted by Crippen LogP contribution is 2.35. The van der Waals surface area contributed by atoms with Gasteiger partial charge < -0.3 is 10.2 Å². The van der Waals surface area contributed by atoms with Crippen LogP contribution in [0.5, 0.6) is 0 Å². The van der Waals surface area contributed by atoms with Crippen LogP contribution in [0.2, 0.25) is 0 Å². The lowest BCUT2D eigenvalue weighted by molar-refractivity contribution is -0.120. The highest BCUT2D eigenvalue weighted by Gasteiger charge is 2.40. The number of carbonyl (C=O) groups is 2. The minimum Gasteiger partial charge on any atom is -0.372 e. The molecule has 0 unspecified atom stereocenters. The Morgan fingerprint density at radius 3 is 2.15 bits per heavy atom. The largest absolute Gasteiger partial charge is 0.372 e. The van der Waals surface area contributed by atoms with Crippen LogP contribution in [0.15, 0.2) is 78.5 Å². The zero-order valence-electron chi connectivity index (χ0n) is 18.3. The third-order valence-electron chi connectivity index (χ3n) is 6.10. The Hall–Kier alpha value is -3.93. The van der Waals surface area contributed by atoms with Gasteiger partial charge in [-0.1, -0.05) is 35.9 Å². The van der Waals surface area contributed by atoms with Gasteiger partial charge in [-0.05, 0) is 67.8 Å². The van der Waals surface area contributed by atoms with E-state index in [2.05, 4.69) is 10.2 Å². The fourth-order valence-electron chi connectivity index (χ4n) is 4.37. The number of rotatable bonds is 5. The van der Waals surface area contributed by atoms with Crippen molar-refractivity contribution >= 4 is 34.4 Å². The number of hydrogen-bond acceptors (Lipinski definition) is 4. The average Bonchev–Trinajstić information content (AvgIpc) is 3.42. The number of nitrogens with one attached hydrogen (secondary N) is 1. The smallest absolute Gasteiger partial charge is 0.282 e. The van der Waals surface area contributed by atoms with Gasteiger partial charge in [0.2, 0.25) is 0 Å². The van der Waals surface area contributed by atoms with Gasteiger partial charge >= 0.3 is 0 Å². The van der Waals surface area contributed by atoms with Crippen LogP contribution in [0.1, 0.15) is 24.0 Å². The Morgan fingerprint density at radius 1 is 0.818 bits per heavy atom. The summed E-state index contributed by atoms with van der Waals surface area (Å²) in [6, 6.07) is 20.8. The lowest BCUT2D eigenvalue weighted by Gasteiger charge is -2.20. The van der Waals surface area contributed by atoms with E-state index in [9.17, 15) is 14.0 Å². The summed E-state index contributed by atoms with van der Waals surface area (Å²) in [5.74, 6) is -1.30. The average molecular weight is 442 g/mol. The molecule has 2 aliphatic rings. The second kappa shape index (κ2) is 8.54. The molecular formula is C27H24FN3O2. The zero-order valence-corrected chi connectivity index (χ0v) is 18.3. The summed E-state index contributed by atoms with van der Waals surface area (Å²) in [6.45, 7) is 3.99. The van der Waals surface area contributed by atoms with Crippen LogP contribution in [-0.2, 0) is 9.59 Å². The Balaban J connectivity index is 1.52. The van der Waals surface area contributed by atoms with E-state index in [1.54, 1.807) is 24.3 Å². The number of anilines is 3. The summed E-state index contributed by atoms with van der Waals surface area (Å²) in [7, 11) is 0. The molecule has 0 bridgehead atoms. The van der Waals surface area contributed by atoms with Crippen LogP contribution < -0.4 is 15.1 Å². The van der Waals surface area contributed by atoms with Gasteiger partial charge in [0.1, 0.15) is 11.5 Å². The second-order valence-corrected chi connectivity index (χ2v) is 8.41. The number of carbonyl (C=O) groups excluding carboxylic acids is 2. The molecule has 1 saturated heterocycles. The van der Waals surface area contributed by atoms with Crippen molar-refractivity contribution in [2.75, 3.05) is 28.2 Å². The summed E-state index contributed by atoms with van der Waals surface area (Å²) >= 11 is 0. The Morgan fingerprint density at radius 2 is 1.48 bits per heavy atom. The molecule has 33 heavy (non-hydrogen) atoms. The van der Waals surface area contributed by atoms with Crippen LogP contribution in [0.4, 0.5) is 21.5 Å². The van der Waals surface area contributed by atoms with Crippen molar-refractivity contribution in [1.82, 2.24) is 0 Å². The van der Waals surface area contributed by atoms with E-state index >= 15 is 0 Å². The topological polar surface area (TPSA) is 52.7 Å². The van der Waals surface area contributed by atoms with Crippen LogP contribution in [0.25, 0.3) is 5.57 Å². The first-order valence-corrected chi connectivity index (χ1v) is 11.1. The molecule has 0 spiro atoms. The summed E-state index contributed by atoms with van der Waals surface area (Å²) in [5.41, 5.74) is 4.08. The number of amides is 2. The van der Waals surface area contributed by atoms with Gasteiger partial charge in [0.25, 0.3) is 11.8 Å². The number of imide groups is 1. The first kappa shape index (κ1) is 20.9. The van der Waals surface area contributed by atoms with E-state index in [1.807, 2.05) is 43.3 Å². The van der Waals surface area contributed by atoms with Crippen LogP contribution >= 0.6 is 0 Å². The van der Waals surface area contributed by atoms with Gasteiger partial charge in [-0.2, -0.15) is 0 Å². The van der Waals surface area contributed by atoms with Crippen molar-refractivity contribution in [3.8, 4) is 0 Å². The molecule has 166 valence electrons. The van der Waals surface area contributed by atoms with E-state index in [0.717, 1.165) is 24.3 Å². The maximum Gasteiger partial charge on any atom is 0.282 e. The fraction of sp³-hybridized carbons (Fsp3) is 0.185. The Kier molecular flexibility index (Phi) is 5.42. The third-order valence-corrected chi connectivity index (χ3v) is 6.10. The van der Waals surface area contributed by atoms with Gasteiger partial charge in [0.05, 0.1) is 11.3 Å². The fourth-order valence-corrected chi connectivity index (χ4v) is 4.37. The monoisotopic (exact) mass is 441 g/mol. The molecule has 2 heterocycles. The van der Waals surface area contributed by atoms with Crippen molar-refractivity contribution in [2.24, 2.45) is 0 Å². The predicted molar refractivity (Wildman–Crippen MR) is 129 cm³/mol. The minimum absolute atomic E-state index is 0.137. The van der Waals surface area contributed by atoms with Crippen LogP contribution in [0.3, 0.4) is 0 Å². The molecule has 0 radical (unpaired) electrons. The molecule has 5 rings (SSSR count). The normalized spacial score (nSPS) is 16.2. The van der Waals surface area contributed by atoms with Gasteiger partial charge in [-0.15, -0.1) is 0 Å². The van der Waals surface area contributed by atoms with Crippen molar-refractivity contribution in [3.63, 3.8) is 0 Å². The zero-order chi connectivity index (χ0) is 22.9. The molecule has 0 aliphatic carbocycles. The number of benzene rings is 3. The summed E-state index contributed by atoms with van der Waals surface area (Å²) in [5, 5.41) is 3.00. The molecular weight excluding hydrogens is 417 g/mol. The molecule has 3 aromatic carbocycles. The van der Waals surface area contributed by atoms with Crippen molar-refractivity contribution < 1.29 is 14.0 Å². The van der Waals surface area contributed by atoms with E-state index in [1.165, 1.54) is 29.9 Å². The molecule has 0 saturated carbocycles. The lowest BCUT2D eigenvalue weighted by Crippen LogP contribution is -2.32. The molecule has 6 heteroatoms. The third kappa shape index (κ3) is 4.00. The lowest BCUT2D eigenvalue weighted by atomic mass is 10.0. The van der Waals surface area contributed by atoms with Crippen LogP contribution in [-0.4, -0.2) is 24.9 Å². The number of aryl methyl sites for hydroxylation is 1. The standard InChI is InChI=1S/C27H24FN3O2/c1-18-7-9-19(10-8-18)24-25(29-21-6-4-5-20(28)17-21)27(33)31(26(24)32)23-13-11-22(12-14-23)30-15-2-3-16-30/h4-14,17,29H,2-3,15-16H2,1H3. The SMILES string of the molecule is Cc1ccc(C2=C(Nc3cccc(F)c3)C(=O)N(c3ccc(N4CCCC4)cc3)C2=O)cc1. The van der Waals surface area contributed by atoms with E-state index < -0.39 is 17.6 Å². The quantitative estimate of drug-likeness (QED) is 0.558. The Labute approximate surface area is 192 Å². The van der Waals surface area contributed by atoms with Gasteiger partial charge in [0, 0.05) is 24.5 Å². The van der Waals surface area contributed by atoms with Crippen molar-refractivity contribution in [2.45, 2.75) is 19.8 Å². The maximum atomic E-state index is 13.8. The molecule has 0 atom stereocenters. The number of nitrogens with zero attached hydrogens (tertiary/aromatic N) is 2. The minimum atomic E-state index is -0.464. The molecule has 5 nitrogen and oxygen atoms in total. The highest BCUT2D eigenvalue weighted by molar-refractivity contribution is 6.46. The molecule has 0 aromatic heterocycles. The van der Waals surface area contributed by atoms with Crippen LogP contribution in [0, 0.1) is 12.7 Å². The molecule has 1 fully saturated rings. The summed E-state index contributed by atoms with van der Waals surface area (Å²) < 4.78 is 13.8. The molecule has 3 aromatic rings. The molecule has 2 aliphatic heterocycles. The van der Waals surface area contributed by atoms with Gasteiger partial charge in [0.15, 0.2) is 0 Å². The van der Waals surface area contributed by atoms with Crippen molar-refractivity contribution in [3.05, 3.63) is 95.4 Å². The second-order valence-electron chi connectivity index (χ2n) is 8.41. The maximum absolute atomic E-state index is 13.8. The highest BCUT2D eigenvalue weighted by atomic mass is 19.1. The van der Waals surface area contributed by atoms with Gasteiger partial charge in [-0.3, -0.25) is 9.59 Å². The number of halogens is 1. The number of hydrogen-bond donors (Lipinski definition) is 1. The first-order chi connectivity index (χ1) is 16.0. The van der Waals surface area contributed by atoms with E-state index in [4.69, 9.17) is 0 Å². The summed E-state index contributed by atoms with van der Waals surface area (Å²) in [4.78, 5) is 30.5. The predicted octanol–water partition coefficient (Wildman–Crippen LogP) is 5.13. The van der Waals surface area contributed by atoms with E-state index in [0.29, 0.717) is 16.9 Å². The first-order valence-electron chi connectivity index (χ1n) is 11.1. The summed E-state index contributed by atoms with van der Waals surface area (Å²) in [6.07, 6.45) is 2.34. The van der Waals surface area contributed by atoms with E-state index in [-0.39, 0.29) is 11.3 Å². The molecule has 1 N–H and O–H groups in total. The Bertz CT molecular complexity index is 1240. The van der Waals surface area contributed by atoms with Crippen molar-refractivity contribution in [1.29, 1.82) is 0 Å². The molecule has 2 amide bonds.